The summed E-state index contributed by atoms with van der Waals surface area (Å²) in [5, 5.41) is 3.63. The molecule has 176 valence electrons. The summed E-state index contributed by atoms with van der Waals surface area (Å²) < 4.78 is 73.7. The van der Waals surface area contributed by atoms with Gasteiger partial charge >= 0.3 is 0 Å². The van der Waals surface area contributed by atoms with E-state index in [1.54, 1.807) is 0 Å². The van der Waals surface area contributed by atoms with Crippen molar-refractivity contribution in [1.82, 2.24) is 9.97 Å². The third-order valence-corrected chi connectivity index (χ3v) is 5.84. The molecule has 0 radical (unpaired) electrons. The summed E-state index contributed by atoms with van der Waals surface area (Å²) >= 11 is 1.32. The number of aryl methyl sites for hydroxylation is 1. The molecule has 0 bridgehead atoms. The van der Waals surface area contributed by atoms with Crippen LogP contribution in [-0.2, 0) is 10.0 Å². The molecule has 0 aliphatic rings. The molecule has 0 saturated heterocycles. The minimum atomic E-state index is -3.93. The number of hydrogen-bond acceptors (Lipinski definition) is 7. The molecule has 4 rings (SSSR count). The molecule has 0 spiro atoms. The van der Waals surface area contributed by atoms with E-state index in [9.17, 15) is 21.6 Å². The second kappa shape index (κ2) is 9.31. The lowest BCUT2D eigenvalue weighted by molar-refractivity contribution is 0.496. The molecule has 0 unspecified atom stereocenters. The summed E-state index contributed by atoms with van der Waals surface area (Å²) in [4.78, 5) is 8.48. The Morgan fingerprint density at radius 3 is 2.47 bits per heavy atom. The van der Waals surface area contributed by atoms with Crippen molar-refractivity contribution in [3.05, 3.63) is 77.2 Å². The number of thiazole rings is 1. The van der Waals surface area contributed by atoms with E-state index < -0.39 is 38.8 Å². The SMILES string of the molecule is Cc1nc(-c2ccccc2)c(Oc2ccnc(Nc3c(F)c(F)cc(NS(C)(=O)=O)c3F)c2)s1. The lowest BCUT2D eigenvalue weighted by Gasteiger charge is -2.13. The maximum atomic E-state index is 14.8. The number of anilines is 3. The van der Waals surface area contributed by atoms with Crippen molar-refractivity contribution in [3.63, 3.8) is 0 Å². The Kier molecular flexibility index (Phi) is 6.44. The van der Waals surface area contributed by atoms with Crippen LogP contribution in [-0.4, -0.2) is 24.6 Å². The highest BCUT2D eigenvalue weighted by Gasteiger charge is 2.21. The quantitative estimate of drug-likeness (QED) is 0.306. The normalized spacial score (nSPS) is 11.3. The first kappa shape index (κ1) is 23.5. The van der Waals surface area contributed by atoms with E-state index in [2.05, 4.69) is 15.3 Å². The summed E-state index contributed by atoms with van der Waals surface area (Å²) in [6.07, 6.45) is 2.09. The fraction of sp³-hybridized carbons (Fsp3) is 0.0909. The molecule has 0 aliphatic carbocycles. The van der Waals surface area contributed by atoms with Gasteiger partial charge in [0.25, 0.3) is 0 Å². The van der Waals surface area contributed by atoms with Gasteiger partial charge in [-0.1, -0.05) is 41.7 Å². The molecule has 2 N–H and O–H groups in total. The highest BCUT2D eigenvalue weighted by atomic mass is 32.2. The number of ether oxygens (including phenoxy) is 1. The van der Waals surface area contributed by atoms with Crippen LogP contribution in [0.5, 0.6) is 10.8 Å². The molecular weight excluding hydrogens is 489 g/mol. The minimum absolute atomic E-state index is 0.0614. The molecule has 2 aromatic carbocycles. The predicted octanol–water partition coefficient (Wildman–Crippen LogP) is 5.84. The van der Waals surface area contributed by atoms with E-state index in [1.807, 2.05) is 42.0 Å². The summed E-state index contributed by atoms with van der Waals surface area (Å²) in [6, 6.07) is 12.7. The van der Waals surface area contributed by atoms with Crippen LogP contribution in [0, 0.1) is 24.4 Å². The Morgan fingerprint density at radius 1 is 1.03 bits per heavy atom. The number of benzene rings is 2. The van der Waals surface area contributed by atoms with Gasteiger partial charge in [-0.15, -0.1) is 0 Å². The van der Waals surface area contributed by atoms with E-state index in [4.69, 9.17) is 4.74 Å². The first-order valence-electron chi connectivity index (χ1n) is 9.70. The molecule has 7 nitrogen and oxygen atoms in total. The molecule has 4 aromatic rings. The Hall–Kier alpha value is -3.64. The van der Waals surface area contributed by atoms with Gasteiger partial charge in [-0.05, 0) is 13.0 Å². The molecule has 0 atom stereocenters. The average molecular weight is 507 g/mol. The molecule has 0 amide bonds. The Balaban J connectivity index is 1.64. The highest BCUT2D eigenvalue weighted by Crippen LogP contribution is 2.39. The summed E-state index contributed by atoms with van der Waals surface area (Å²) in [5.74, 6) is -4.09. The molecule has 12 heteroatoms. The Morgan fingerprint density at radius 2 is 1.76 bits per heavy atom. The van der Waals surface area contributed by atoms with Crippen molar-refractivity contribution < 1.29 is 26.3 Å². The number of rotatable bonds is 7. The fourth-order valence-corrected chi connectivity index (χ4v) is 4.37. The molecule has 0 saturated carbocycles. The molecule has 0 fully saturated rings. The van der Waals surface area contributed by atoms with Gasteiger partial charge in [-0.25, -0.2) is 31.6 Å². The first-order chi connectivity index (χ1) is 16.1. The maximum absolute atomic E-state index is 14.8. The Labute approximate surface area is 197 Å². The van der Waals surface area contributed by atoms with Crippen LogP contribution in [0.1, 0.15) is 5.01 Å². The number of nitrogens with zero attached hydrogens (tertiary/aromatic N) is 2. The number of halogens is 3. The second-order valence-electron chi connectivity index (χ2n) is 7.12. The van der Waals surface area contributed by atoms with Crippen molar-refractivity contribution >= 4 is 38.6 Å². The zero-order chi connectivity index (χ0) is 24.5. The monoisotopic (exact) mass is 506 g/mol. The Bertz CT molecular complexity index is 1460. The number of pyridine rings is 1. The lowest BCUT2D eigenvalue weighted by atomic mass is 10.2. The van der Waals surface area contributed by atoms with Crippen molar-refractivity contribution in [3.8, 4) is 22.1 Å². The van der Waals surface area contributed by atoms with E-state index >= 15 is 0 Å². The third kappa shape index (κ3) is 5.29. The van der Waals surface area contributed by atoms with Gasteiger partial charge in [0.1, 0.15) is 22.9 Å². The summed E-state index contributed by atoms with van der Waals surface area (Å²) in [7, 11) is -3.93. The minimum Gasteiger partial charge on any atom is -0.444 e. The fourth-order valence-electron chi connectivity index (χ4n) is 3.02. The number of nitrogens with one attached hydrogen (secondary N) is 2. The molecular formula is C22H17F3N4O3S2. The number of aromatic nitrogens is 2. The first-order valence-corrected chi connectivity index (χ1v) is 12.4. The van der Waals surface area contributed by atoms with Gasteiger partial charge in [0, 0.05) is 23.9 Å². The smallest absolute Gasteiger partial charge is 0.229 e. The van der Waals surface area contributed by atoms with Crippen molar-refractivity contribution in [2.24, 2.45) is 0 Å². The molecule has 2 heterocycles. The summed E-state index contributed by atoms with van der Waals surface area (Å²) in [6.45, 7) is 1.83. The maximum Gasteiger partial charge on any atom is 0.229 e. The van der Waals surface area contributed by atoms with Gasteiger partial charge in [0.2, 0.25) is 15.1 Å². The van der Waals surface area contributed by atoms with Gasteiger partial charge < -0.3 is 10.1 Å². The van der Waals surface area contributed by atoms with Crippen LogP contribution in [0.2, 0.25) is 0 Å². The zero-order valence-corrected chi connectivity index (χ0v) is 19.4. The van der Waals surface area contributed by atoms with Gasteiger partial charge in [0.15, 0.2) is 17.5 Å². The summed E-state index contributed by atoms with van der Waals surface area (Å²) in [5.41, 5.74) is -0.171. The standard InChI is InChI=1S/C22H17F3N4O3S2/c1-12-27-20(13-6-4-3-5-7-13)22(33-12)32-14-8-9-26-17(10-14)28-21-18(24)15(23)11-16(19(21)25)29-34(2,30)31/h3-11,29H,1-2H3,(H,26,28). The van der Waals surface area contributed by atoms with Gasteiger partial charge in [-0.3, -0.25) is 4.72 Å². The van der Waals surface area contributed by atoms with Crippen molar-refractivity contribution in [2.75, 3.05) is 16.3 Å². The van der Waals surface area contributed by atoms with Crippen LogP contribution in [0.15, 0.2) is 54.7 Å². The van der Waals surface area contributed by atoms with Gasteiger partial charge in [-0.2, -0.15) is 0 Å². The second-order valence-corrected chi connectivity index (χ2v) is 10.0. The zero-order valence-electron chi connectivity index (χ0n) is 17.8. The van der Waals surface area contributed by atoms with Crippen LogP contribution < -0.4 is 14.8 Å². The van der Waals surface area contributed by atoms with Crippen LogP contribution in [0.4, 0.5) is 30.4 Å². The average Bonchev–Trinajstić information content (AvgIpc) is 3.15. The molecule has 34 heavy (non-hydrogen) atoms. The largest absolute Gasteiger partial charge is 0.444 e. The van der Waals surface area contributed by atoms with Crippen LogP contribution >= 0.6 is 11.3 Å². The topological polar surface area (TPSA) is 93.2 Å². The number of hydrogen-bond donors (Lipinski definition) is 2. The lowest BCUT2D eigenvalue weighted by Crippen LogP contribution is -2.13. The number of sulfonamides is 1. The van der Waals surface area contributed by atoms with E-state index in [0.717, 1.165) is 16.8 Å². The van der Waals surface area contributed by atoms with E-state index in [-0.39, 0.29) is 11.6 Å². The highest BCUT2D eigenvalue weighted by molar-refractivity contribution is 7.92. The third-order valence-electron chi connectivity index (χ3n) is 4.40. The van der Waals surface area contributed by atoms with Gasteiger partial charge in [0.05, 0.1) is 17.0 Å². The molecule has 2 aromatic heterocycles. The predicted molar refractivity (Wildman–Crippen MR) is 125 cm³/mol. The van der Waals surface area contributed by atoms with E-state index in [0.29, 0.717) is 16.8 Å². The van der Waals surface area contributed by atoms with E-state index in [1.165, 1.54) is 29.7 Å². The van der Waals surface area contributed by atoms with Crippen molar-refractivity contribution in [1.29, 1.82) is 0 Å². The van der Waals surface area contributed by atoms with Crippen LogP contribution in [0.3, 0.4) is 0 Å². The van der Waals surface area contributed by atoms with Crippen molar-refractivity contribution in [2.45, 2.75) is 6.92 Å². The van der Waals surface area contributed by atoms with Crippen LogP contribution in [0.25, 0.3) is 11.3 Å². The molecule has 0 aliphatic heterocycles.